The van der Waals surface area contributed by atoms with Crippen molar-refractivity contribution >= 4 is 23.5 Å². The minimum Gasteiger partial charge on any atom is -0.465 e. The molecule has 0 saturated heterocycles. The molecule has 0 spiro atoms. The summed E-state index contributed by atoms with van der Waals surface area (Å²) in [7, 11) is 0. The van der Waals surface area contributed by atoms with Crippen molar-refractivity contribution in [3.8, 4) is 0 Å². The summed E-state index contributed by atoms with van der Waals surface area (Å²) < 4.78 is 4.91. The fourth-order valence-corrected chi connectivity index (χ4v) is 2.08. The lowest BCUT2D eigenvalue weighted by Gasteiger charge is -2.26. The fourth-order valence-electron chi connectivity index (χ4n) is 1.86. The molecule has 0 aromatic carbocycles. The maximum atomic E-state index is 12.6. The van der Waals surface area contributed by atoms with E-state index in [1.54, 1.807) is 13.0 Å². The molecule has 0 aliphatic rings. The first-order valence-corrected chi connectivity index (χ1v) is 7.39. The van der Waals surface area contributed by atoms with Crippen LogP contribution in [-0.4, -0.2) is 41.0 Å². The van der Waals surface area contributed by atoms with Gasteiger partial charge in [0.1, 0.15) is 11.7 Å². The van der Waals surface area contributed by atoms with E-state index < -0.39 is 5.97 Å². The second-order valence-electron chi connectivity index (χ2n) is 4.86. The average Bonchev–Trinajstić information content (AvgIpc) is 2.43. The molecule has 0 saturated carbocycles. The number of rotatable bonds is 6. The van der Waals surface area contributed by atoms with Crippen molar-refractivity contribution in [2.45, 2.75) is 40.2 Å². The lowest BCUT2D eigenvalue weighted by molar-refractivity contribution is -0.144. The minimum absolute atomic E-state index is 0.0776. The number of hydrogen-bond donors (Lipinski definition) is 0. The highest BCUT2D eigenvalue weighted by Crippen LogP contribution is 2.15. The van der Waals surface area contributed by atoms with Crippen molar-refractivity contribution in [2.75, 3.05) is 13.2 Å². The SMILES string of the molecule is CCOC(=O)CN(C(=O)c1cc(Cl)nc(CC)c1)C(C)C. The molecule has 0 N–H and O–H groups in total. The number of aryl methyl sites for hydroxylation is 1. The number of hydrogen-bond acceptors (Lipinski definition) is 4. The number of nitrogens with zero attached hydrogens (tertiary/aromatic N) is 2. The highest BCUT2D eigenvalue weighted by atomic mass is 35.5. The number of carbonyl (C=O) groups is 2. The Morgan fingerprint density at radius 2 is 2.00 bits per heavy atom. The molecule has 1 aromatic rings. The summed E-state index contributed by atoms with van der Waals surface area (Å²) in [4.78, 5) is 29.8. The van der Waals surface area contributed by atoms with Crippen LogP contribution >= 0.6 is 11.6 Å². The first-order chi connectivity index (χ1) is 9.88. The monoisotopic (exact) mass is 312 g/mol. The summed E-state index contributed by atoms with van der Waals surface area (Å²) in [5.74, 6) is -0.674. The van der Waals surface area contributed by atoms with Crippen LogP contribution in [0.3, 0.4) is 0 Å². The van der Waals surface area contributed by atoms with Crippen LogP contribution in [0.4, 0.5) is 0 Å². The molecule has 0 unspecified atom stereocenters. The topological polar surface area (TPSA) is 59.5 Å². The smallest absolute Gasteiger partial charge is 0.325 e. The Kier molecular flexibility index (Phi) is 6.62. The van der Waals surface area contributed by atoms with Gasteiger partial charge < -0.3 is 9.64 Å². The van der Waals surface area contributed by atoms with Crippen molar-refractivity contribution in [3.63, 3.8) is 0 Å². The third-order valence-electron chi connectivity index (χ3n) is 2.95. The number of halogens is 1. The molecular weight excluding hydrogens is 292 g/mol. The lowest BCUT2D eigenvalue weighted by atomic mass is 10.1. The van der Waals surface area contributed by atoms with Gasteiger partial charge in [-0.2, -0.15) is 0 Å². The van der Waals surface area contributed by atoms with Crippen LogP contribution in [-0.2, 0) is 16.0 Å². The van der Waals surface area contributed by atoms with Gasteiger partial charge >= 0.3 is 5.97 Å². The Morgan fingerprint density at radius 3 is 2.52 bits per heavy atom. The van der Waals surface area contributed by atoms with Crippen LogP contribution in [0.25, 0.3) is 0 Å². The van der Waals surface area contributed by atoms with Crippen LogP contribution in [0.5, 0.6) is 0 Å². The molecule has 116 valence electrons. The molecule has 0 atom stereocenters. The van der Waals surface area contributed by atoms with Crippen LogP contribution in [0.15, 0.2) is 12.1 Å². The van der Waals surface area contributed by atoms with Crippen molar-refractivity contribution < 1.29 is 14.3 Å². The summed E-state index contributed by atoms with van der Waals surface area (Å²) in [6, 6.07) is 3.09. The van der Waals surface area contributed by atoms with Gasteiger partial charge in [-0.05, 0) is 39.3 Å². The zero-order valence-electron chi connectivity index (χ0n) is 12.9. The molecule has 5 nitrogen and oxygen atoms in total. The Balaban J connectivity index is 3.00. The molecule has 1 heterocycles. The van der Waals surface area contributed by atoms with Gasteiger partial charge in [0.25, 0.3) is 5.91 Å². The zero-order chi connectivity index (χ0) is 16.0. The van der Waals surface area contributed by atoms with Crippen molar-refractivity contribution in [1.82, 2.24) is 9.88 Å². The summed E-state index contributed by atoms with van der Waals surface area (Å²) in [6.07, 6.45) is 0.681. The number of ether oxygens (including phenoxy) is 1. The molecule has 0 fully saturated rings. The summed E-state index contributed by atoms with van der Waals surface area (Å²) >= 11 is 5.94. The Bertz CT molecular complexity index is 518. The molecule has 6 heteroatoms. The van der Waals surface area contributed by atoms with Crippen molar-refractivity contribution in [3.05, 3.63) is 28.5 Å². The minimum atomic E-state index is -0.421. The van der Waals surface area contributed by atoms with Gasteiger partial charge in [0, 0.05) is 17.3 Å². The van der Waals surface area contributed by atoms with Gasteiger partial charge in [-0.3, -0.25) is 9.59 Å². The van der Waals surface area contributed by atoms with E-state index in [1.165, 1.54) is 11.0 Å². The second kappa shape index (κ2) is 7.98. The molecule has 1 aromatic heterocycles. The van der Waals surface area contributed by atoms with E-state index in [-0.39, 0.29) is 23.6 Å². The van der Waals surface area contributed by atoms with Crippen molar-refractivity contribution in [1.29, 1.82) is 0 Å². The van der Waals surface area contributed by atoms with E-state index in [0.717, 1.165) is 5.69 Å². The molecule has 0 aliphatic carbocycles. The van der Waals surface area contributed by atoms with E-state index in [1.807, 2.05) is 20.8 Å². The highest BCUT2D eigenvalue weighted by molar-refractivity contribution is 6.29. The third kappa shape index (κ3) is 5.01. The Labute approximate surface area is 130 Å². The third-order valence-corrected chi connectivity index (χ3v) is 3.14. The quantitative estimate of drug-likeness (QED) is 0.598. The fraction of sp³-hybridized carbons (Fsp3) is 0.533. The molecule has 1 rings (SSSR count). The lowest BCUT2D eigenvalue weighted by Crippen LogP contribution is -2.41. The molecule has 0 radical (unpaired) electrons. The van der Waals surface area contributed by atoms with Gasteiger partial charge in [0.2, 0.25) is 0 Å². The maximum absolute atomic E-state index is 12.6. The van der Waals surface area contributed by atoms with E-state index >= 15 is 0 Å². The number of carbonyl (C=O) groups excluding carboxylic acids is 2. The molecular formula is C15H21ClN2O3. The van der Waals surface area contributed by atoms with Crippen molar-refractivity contribution in [2.24, 2.45) is 0 Å². The summed E-state index contributed by atoms with van der Waals surface area (Å²) in [5, 5.41) is 0.276. The first-order valence-electron chi connectivity index (χ1n) is 7.02. The predicted octanol–water partition coefficient (Wildman–Crippen LogP) is 2.71. The van der Waals surface area contributed by atoms with Crippen LogP contribution in [0.2, 0.25) is 5.15 Å². The second-order valence-corrected chi connectivity index (χ2v) is 5.24. The van der Waals surface area contributed by atoms with Gasteiger partial charge in [-0.15, -0.1) is 0 Å². The molecule has 1 amide bonds. The van der Waals surface area contributed by atoms with Gasteiger partial charge in [-0.25, -0.2) is 4.98 Å². The first kappa shape index (κ1) is 17.4. The zero-order valence-corrected chi connectivity index (χ0v) is 13.6. The van der Waals surface area contributed by atoms with Crippen LogP contribution in [0, 0.1) is 0 Å². The van der Waals surface area contributed by atoms with Crippen LogP contribution < -0.4 is 0 Å². The van der Waals surface area contributed by atoms with E-state index in [0.29, 0.717) is 18.6 Å². The predicted molar refractivity (Wildman–Crippen MR) is 81.4 cm³/mol. The normalized spacial score (nSPS) is 10.6. The van der Waals surface area contributed by atoms with E-state index in [9.17, 15) is 9.59 Å². The Morgan fingerprint density at radius 1 is 1.33 bits per heavy atom. The molecule has 0 bridgehead atoms. The summed E-state index contributed by atoms with van der Waals surface area (Å²) in [5.41, 5.74) is 1.18. The molecule has 21 heavy (non-hydrogen) atoms. The highest BCUT2D eigenvalue weighted by Gasteiger charge is 2.23. The standard InChI is InChI=1S/C15H21ClN2O3/c1-5-12-7-11(8-13(16)17-12)15(20)18(10(3)4)9-14(19)21-6-2/h7-8,10H,5-6,9H2,1-4H3. The average molecular weight is 313 g/mol. The maximum Gasteiger partial charge on any atom is 0.325 e. The molecule has 0 aliphatic heterocycles. The van der Waals surface area contributed by atoms with E-state index in [4.69, 9.17) is 16.3 Å². The van der Waals surface area contributed by atoms with Gasteiger partial charge in [-0.1, -0.05) is 18.5 Å². The Hall–Kier alpha value is -1.62. The number of esters is 1. The number of amides is 1. The van der Waals surface area contributed by atoms with E-state index in [2.05, 4.69) is 4.98 Å². The van der Waals surface area contributed by atoms with Gasteiger partial charge in [0.15, 0.2) is 0 Å². The number of pyridine rings is 1. The summed E-state index contributed by atoms with van der Waals surface area (Å²) in [6.45, 7) is 7.58. The number of aromatic nitrogens is 1. The largest absolute Gasteiger partial charge is 0.465 e. The van der Waals surface area contributed by atoms with Crippen LogP contribution in [0.1, 0.15) is 43.7 Å². The van der Waals surface area contributed by atoms with Gasteiger partial charge in [0.05, 0.1) is 6.61 Å².